The van der Waals surface area contributed by atoms with E-state index in [-0.39, 0.29) is 0 Å². The molecule has 2 heterocycles. The second-order valence-corrected chi connectivity index (χ2v) is 4.75. The van der Waals surface area contributed by atoms with E-state index >= 15 is 0 Å². The predicted octanol–water partition coefficient (Wildman–Crippen LogP) is 2.21. The molecule has 0 aliphatic heterocycles. The molecule has 5 heteroatoms. The van der Waals surface area contributed by atoms with Crippen LogP contribution in [0.3, 0.4) is 0 Å². The molecule has 0 radical (unpaired) electrons. The van der Waals surface area contributed by atoms with Crippen LogP contribution in [0.15, 0.2) is 18.5 Å². The Morgan fingerprint density at radius 2 is 2.38 bits per heavy atom. The molecule has 0 aliphatic rings. The van der Waals surface area contributed by atoms with Crippen LogP contribution in [-0.2, 0) is 7.05 Å². The number of hydrogen-bond donors (Lipinski definition) is 1. The molecule has 1 atom stereocenters. The monoisotopic (exact) mass is 236 g/mol. The smallest absolute Gasteiger partial charge is 0.141 e. The van der Waals surface area contributed by atoms with Gasteiger partial charge in [0, 0.05) is 30.4 Å². The normalized spacial score (nSPS) is 12.9. The van der Waals surface area contributed by atoms with Crippen LogP contribution in [0.5, 0.6) is 0 Å². The second kappa shape index (κ2) is 4.76. The molecule has 0 fully saturated rings. The molecule has 0 spiro atoms. The lowest BCUT2D eigenvalue weighted by atomic mass is 10.3. The number of nitrogens with one attached hydrogen (secondary N) is 1. The zero-order chi connectivity index (χ0) is 11.5. The number of thiazole rings is 1. The van der Waals surface area contributed by atoms with E-state index in [2.05, 4.69) is 29.2 Å². The van der Waals surface area contributed by atoms with Gasteiger partial charge < -0.3 is 5.32 Å². The first-order valence-corrected chi connectivity index (χ1v) is 6.21. The van der Waals surface area contributed by atoms with Gasteiger partial charge in [0.25, 0.3) is 0 Å². The van der Waals surface area contributed by atoms with Crippen LogP contribution >= 0.6 is 11.3 Å². The van der Waals surface area contributed by atoms with Crippen LogP contribution in [0.4, 0.5) is 0 Å². The molecule has 4 nitrogen and oxygen atoms in total. The molecule has 1 N–H and O–H groups in total. The Balaban J connectivity index is 2.23. The molecule has 1 unspecified atom stereocenters. The second-order valence-electron chi connectivity index (χ2n) is 3.69. The molecule has 0 saturated heterocycles. The summed E-state index contributed by atoms with van der Waals surface area (Å²) >= 11 is 1.72. The van der Waals surface area contributed by atoms with E-state index in [4.69, 9.17) is 0 Å². The standard InChI is InChI=1S/C11H16N4S/c1-4-12-8(2)10-7-13-11(16-10)9-5-6-14-15(9)3/h5-8,12H,4H2,1-3H3. The summed E-state index contributed by atoms with van der Waals surface area (Å²) in [5.41, 5.74) is 1.07. The minimum Gasteiger partial charge on any atom is -0.310 e. The minimum atomic E-state index is 0.365. The summed E-state index contributed by atoms with van der Waals surface area (Å²) in [6.07, 6.45) is 3.74. The Bertz CT molecular complexity index is 460. The lowest BCUT2D eigenvalue weighted by Gasteiger charge is -2.08. The van der Waals surface area contributed by atoms with Crippen molar-refractivity contribution in [1.29, 1.82) is 0 Å². The summed E-state index contributed by atoms with van der Waals surface area (Å²) in [6, 6.07) is 2.35. The molecule has 0 saturated carbocycles. The molecule has 2 rings (SSSR count). The summed E-state index contributed by atoms with van der Waals surface area (Å²) in [5, 5.41) is 8.56. The summed E-state index contributed by atoms with van der Waals surface area (Å²) in [7, 11) is 1.93. The van der Waals surface area contributed by atoms with Gasteiger partial charge >= 0.3 is 0 Å². The molecular formula is C11H16N4S. The molecule has 0 bridgehead atoms. The Hall–Kier alpha value is -1.20. The number of hydrogen-bond acceptors (Lipinski definition) is 4. The lowest BCUT2D eigenvalue weighted by molar-refractivity contribution is 0.606. The first-order valence-electron chi connectivity index (χ1n) is 5.40. The van der Waals surface area contributed by atoms with E-state index in [9.17, 15) is 0 Å². The van der Waals surface area contributed by atoms with Crippen molar-refractivity contribution < 1.29 is 0 Å². The van der Waals surface area contributed by atoms with Gasteiger partial charge in [0.05, 0.1) is 5.69 Å². The average Bonchev–Trinajstić information content (AvgIpc) is 2.86. The quantitative estimate of drug-likeness (QED) is 0.885. The van der Waals surface area contributed by atoms with Crippen molar-refractivity contribution in [3.8, 4) is 10.7 Å². The van der Waals surface area contributed by atoms with E-state index in [1.165, 1.54) is 4.88 Å². The maximum Gasteiger partial charge on any atom is 0.141 e. The van der Waals surface area contributed by atoms with E-state index in [1.54, 1.807) is 17.5 Å². The van der Waals surface area contributed by atoms with Crippen molar-refractivity contribution in [2.45, 2.75) is 19.9 Å². The van der Waals surface area contributed by atoms with Crippen LogP contribution in [-0.4, -0.2) is 21.3 Å². The largest absolute Gasteiger partial charge is 0.310 e. The van der Waals surface area contributed by atoms with Gasteiger partial charge in [-0.3, -0.25) is 4.68 Å². The maximum absolute atomic E-state index is 4.44. The van der Waals surface area contributed by atoms with Gasteiger partial charge in [-0.15, -0.1) is 11.3 Å². The summed E-state index contributed by atoms with van der Waals surface area (Å²) in [6.45, 7) is 5.24. The maximum atomic E-state index is 4.44. The highest BCUT2D eigenvalue weighted by Crippen LogP contribution is 2.27. The van der Waals surface area contributed by atoms with Gasteiger partial charge in [0.2, 0.25) is 0 Å². The van der Waals surface area contributed by atoms with Crippen molar-refractivity contribution in [3.05, 3.63) is 23.3 Å². The van der Waals surface area contributed by atoms with Gasteiger partial charge in [-0.2, -0.15) is 5.10 Å². The third kappa shape index (κ3) is 2.15. The molecular weight excluding hydrogens is 220 g/mol. The molecule has 0 aliphatic carbocycles. The summed E-state index contributed by atoms with van der Waals surface area (Å²) in [4.78, 5) is 5.70. The van der Waals surface area contributed by atoms with Gasteiger partial charge in [0.15, 0.2) is 0 Å². The number of aromatic nitrogens is 3. The first kappa shape index (κ1) is 11.3. The third-order valence-corrected chi connectivity index (χ3v) is 3.70. The number of rotatable bonds is 4. The van der Waals surface area contributed by atoms with E-state index in [1.807, 2.05) is 24.0 Å². The fraction of sp³-hybridized carbons (Fsp3) is 0.455. The van der Waals surface area contributed by atoms with Gasteiger partial charge in [0.1, 0.15) is 5.01 Å². The highest BCUT2D eigenvalue weighted by molar-refractivity contribution is 7.15. The Morgan fingerprint density at radius 1 is 1.56 bits per heavy atom. The van der Waals surface area contributed by atoms with Crippen LogP contribution in [0.25, 0.3) is 10.7 Å². The Kier molecular flexibility index (Phi) is 3.36. The van der Waals surface area contributed by atoms with Crippen LogP contribution in [0.1, 0.15) is 24.8 Å². The fourth-order valence-corrected chi connectivity index (χ4v) is 2.59. The fourth-order valence-electron chi connectivity index (χ4n) is 1.60. The third-order valence-electron chi connectivity index (χ3n) is 2.50. The molecule has 16 heavy (non-hydrogen) atoms. The van der Waals surface area contributed by atoms with Crippen LogP contribution in [0.2, 0.25) is 0 Å². The molecule has 2 aromatic rings. The van der Waals surface area contributed by atoms with Crippen molar-refractivity contribution in [2.24, 2.45) is 7.05 Å². The summed E-state index contributed by atoms with van der Waals surface area (Å²) < 4.78 is 1.85. The molecule has 86 valence electrons. The first-order chi connectivity index (χ1) is 7.72. The van der Waals surface area contributed by atoms with E-state index < -0.39 is 0 Å². The molecule has 0 amide bonds. The van der Waals surface area contributed by atoms with E-state index in [0.29, 0.717) is 6.04 Å². The van der Waals surface area contributed by atoms with Crippen molar-refractivity contribution in [3.63, 3.8) is 0 Å². The zero-order valence-corrected chi connectivity index (χ0v) is 10.6. The minimum absolute atomic E-state index is 0.365. The lowest BCUT2D eigenvalue weighted by Crippen LogP contribution is -2.16. The Morgan fingerprint density at radius 3 is 3.00 bits per heavy atom. The zero-order valence-electron chi connectivity index (χ0n) is 9.77. The Labute approximate surface area is 99.3 Å². The topological polar surface area (TPSA) is 42.7 Å². The number of aryl methyl sites for hydroxylation is 1. The van der Waals surface area contributed by atoms with Crippen molar-refractivity contribution in [1.82, 2.24) is 20.1 Å². The predicted molar refractivity (Wildman–Crippen MR) is 66.4 cm³/mol. The summed E-state index contributed by atoms with van der Waals surface area (Å²) in [5.74, 6) is 0. The number of nitrogens with zero attached hydrogens (tertiary/aromatic N) is 3. The van der Waals surface area contributed by atoms with E-state index in [0.717, 1.165) is 17.2 Å². The van der Waals surface area contributed by atoms with Crippen molar-refractivity contribution in [2.75, 3.05) is 6.54 Å². The van der Waals surface area contributed by atoms with Gasteiger partial charge in [-0.05, 0) is 19.5 Å². The van der Waals surface area contributed by atoms with Crippen molar-refractivity contribution >= 4 is 11.3 Å². The highest BCUT2D eigenvalue weighted by Gasteiger charge is 2.11. The van der Waals surface area contributed by atoms with Gasteiger partial charge in [-0.25, -0.2) is 4.98 Å². The SMILES string of the molecule is CCNC(C)c1cnc(-c2ccnn2C)s1. The van der Waals surface area contributed by atoms with Crippen LogP contribution < -0.4 is 5.32 Å². The average molecular weight is 236 g/mol. The molecule has 2 aromatic heterocycles. The van der Waals surface area contributed by atoms with Gasteiger partial charge in [-0.1, -0.05) is 6.92 Å². The van der Waals surface area contributed by atoms with Crippen LogP contribution in [0, 0.1) is 0 Å². The highest BCUT2D eigenvalue weighted by atomic mass is 32.1. The molecule has 0 aromatic carbocycles.